The van der Waals surface area contributed by atoms with E-state index in [0.717, 1.165) is 62.2 Å². The normalized spacial score (nSPS) is 21.7. The number of fused-ring (bicyclic) bond motifs is 1. The van der Waals surface area contributed by atoms with Crippen molar-refractivity contribution in [3.05, 3.63) is 36.0 Å². The zero-order valence-corrected chi connectivity index (χ0v) is 20.1. The molecule has 2 aliphatic rings. The number of aliphatic hydroxyl groups excluding tert-OH is 1. The number of hydrogen-bond acceptors (Lipinski definition) is 7. The highest BCUT2D eigenvalue weighted by Crippen LogP contribution is 2.34. The maximum atomic E-state index is 12.6. The van der Waals surface area contributed by atoms with Gasteiger partial charge < -0.3 is 15.7 Å². The van der Waals surface area contributed by atoms with Gasteiger partial charge in [-0.1, -0.05) is 24.3 Å². The third-order valence-electron chi connectivity index (χ3n) is 7.00. The van der Waals surface area contributed by atoms with Crippen molar-refractivity contribution in [1.29, 1.82) is 0 Å². The molecule has 1 saturated heterocycles. The van der Waals surface area contributed by atoms with E-state index in [0.29, 0.717) is 18.5 Å². The zero-order valence-electron chi connectivity index (χ0n) is 20.1. The quantitative estimate of drug-likeness (QED) is 0.453. The fourth-order valence-corrected chi connectivity index (χ4v) is 4.99. The van der Waals surface area contributed by atoms with E-state index in [-0.39, 0.29) is 24.6 Å². The van der Waals surface area contributed by atoms with Crippen LogP contribution in [0.2, 0.25) is 0 Å². The molecule has 3 N–H and O–H groups in total. The van der Waals surface area contributed by atoms with Gasteiger partial charge in [-0.3, -0.25) is 4.90 Å². The van der Waals surface area contributed by atoms with Crippen LogP contribution in [-0.4, -0.2) is 74.8 Å². The van der Waals surface area contributed by atoms with E-state index in [9.17, 15) is 18.3 Å². The van der Waals surface area contributed by atoms with Crippen LogP contribution in [0.4, 0.5) is 19.1 Å². The Bertz CT molecular complexity index is 1150. The Morgan fingerprint density at radius 1 is 1.06 bits per heavy atom. The van der Waals surface area contributed by atoms with Gasteiger partial charge in [-0.2, -0.15) is 23.3 Å². The minimum absolute atomic E-state index is 0.0644. The first-order valence-corrected chi connectivity index (χ1v) is 12.6. The predicted octanol–water partition coefficient (Wildman–Crippen LogP) is 3.74. The molecular weight excluding hydrogens is 471 g/mol. The van der Waals surface area contributed by atoms with Crippen LogP contribution in [0.25, 0.3) is 22.3 Å². The number of nitrogens with zero attached hydrogens (tertiary/aromatic N) is 5. The summed E-state index contributed by atoms with van der Waals surface area (Å²) in [6.45, 7) is 4.68. The number of hydrogen-bond donors (Lipinski definition) is 3. The topological polar surface area (TPSA) is 91.1 Å². The number of aromatic nitrogens is 4. The Kier molecular flexibility index (Phi) is 7.40. The average Bonchev–Trinajstić information content (AvgIpc) is 3.24. The second-order valence-corrected chi connectivity index (χ2v) is 9.70. The van der Waals surface area contributed by atoms with Crippen molar-refractivity contribution in [2.75, 3.05) is 38.0 Å². The van der Waals surface area contributed by atoms with E-state index in [1.807, 2.05) is 4.68 Å². The van der Waals surface area contributed by atoms with E-state index < -0.39 is 12.6 Å². The summed E-state index contributed by atoms with van der Waals surface area (Å²) in [5.41, 5.74) is 3.53. The first-order chi connectivity index (χ1) is 17.4. The van der Waals surface area contributed by atoms with Crippen LogP contribution >= 0.6 is 0 Å². The second kappa shape index (κ2) is 10.7. The summed E-state index contributed by atoms with van der Waals surface area (Å²) >= 11 is 0. The minimum Gasteiger partial charge on any atom is -0.393 e. The highest BCUT2D eigenvalue weighted by atomic mass is 19.4. The highest BCUT2D eigenvalue weighted by Gasteiger charge is 2.27. The number of piperazine rings is 1. The lowest BCUT2D eigenvalue weighted by Crippen LogP contribution is -2.42. The molecule has 0 amide bonds. The lowest BCUT2D eigenvalue weighted by molar-refractivity contribution is -0.131. The molecule has 0 atom stereocenters. The molecule has 0 bridgehead atoms. The molecule has 0 spiro atoms. The van der Waals surface area contributed by atoms with Crippen molar-refractivity contribution in [2.45, 2.75) is 57.0 Å². The Labute approximate surface area is 207 Å². The van der Waals surface area contributed by atoms with Crippen LogP contribution in [0, 0.1) is 0 Å². The van der Waals surface area contributed by atoms with Crippen molar-refractivity contribution in [3.63, 3.8) is 0 Å². The van der Waals surface area contributed by atoms with Crippen molar-refractivity contribution < 1.29 is 18.3 Å². The van der Waals surface area contributed by atoms with E-state index in [4.69, 9.17) is 5.10 Å². The molecule has 2 aromatic heterocycles. The molecule has 11 heteroatoms. The van der Waals surface area contributed by atoms with Crippen LogP contribution in [0.15, 0.2) is 30.5 Å². The number of benzene rings is 1. The number of halogens is 3. The third-order valence-corrected chi connectivity index (χ3v) is 7.00. The number of aliphatic hydroxyl groups is 1. The smallest absolute Gasteiger partial charge is 0.390 e. The Morgan fingerprint density at radius 2 is 1.78 bits per heavy atom. The molecule has 0 radical (unpaired) electrons. The number of anilines is 1. The Balaban J connectivity index is 1.42. The van der Waals surface area contributed by atoms with E-state index >= 15 is 0 Å². The van der Waals surface area contributed by atoms with Gasteiger partial charge in [0.25, 0.3) is 0 Å². The van der Waals surface area contributed by atoms with Gasteiger partial charge in [0, 0.05) is 51.0 Å². The number of rotatable bonds is 7. The van der Waals surface area contributed by atoms with Crippen LogP contribution in [0.3, 0.4) is 0 Å². The lowest BCUT2D eigenvalue weighted by atomic mass is 9.93. The molecule has 194 valence electrons. The highest BCUT2D eigenvalue weighted by molar-refractivity contribution is 5.91. The summed E-state index contributed by atoms with van der Waals surface area (Å²) in [6, 6.07) is 8.42. The van der Waals surface area contributed by atoms with Gasteiger partial charge in [0.2, 0.25) is 5.95 Å². The average molecular weight is 504 g/mol. The van der Waals surface area contributed by atoms with Gasteiger partial charge >= 0.3 is 6.18 Å². The monoisotopic (exact) mass is 503 g/mol. The molecule has 1 aliphatic carbocycles. The zero-order chi connectivity index (χ0) is 25.1. The maximum absolute atomic E-state index is 12.6. The van der Waals surface area contributed by atoms with Gasteiger partial charge in [-0.05, 0) is 31.2 Å². The number of nitrogens with one attached hydrogen (secondary N) is 2. The van der Waals surface area contributed by atoms with Crippen LogP contribution in [-0.2, 0) is 6.54 Å². The molecule has 1 aliphatic heterocycles. The third kappa shape index (κ3) is 5.96. The summed E-state index contributed by atoms with van der Waals surface area (Å²) in [4.78, 5) is 11.3. The summed E-state index contributed by atoms with van der Waals surface area (Å²) in [6.07, 6.45) is -0.966. The molecule has 1 aromatic carbocycles. The van der Waals surface area contributed by atoms with Gasteiger partial charge in [0.1, 0.15) is 5.69 Å². The van der Waals surface area contributed by atoms with Crippen LogP contribution in [0.1, 0.15) is 43.7 Å². The molecular formula is C25H32F3N7O. The minimum atomic E-state index is -4.24. The second-order valence-electron chi connectivity index (χ2n) is 9.70. The van der Waals surface area contributed by atoms with E-state index in [1.54, 1.807) is 6.20 Å². The van der Waals surface area contributed by atoms with Gasteiger partial charge in [0.05, 0.1) is 24.0 Å². The molecule has 0 unspecified atom stereocenters. The summed E-state index contributed by atoms with van der Waals surface area (Å²) in [7, 11) is 0. The largest absolute Gasteiger partial charge is 0.393 e. The molecule has 3 heterocycles. The van der Waals surface area contributed by atoms with Crippen molar-refractivity contribution in [1.82, 2.24) is 30.0 Å². The standard InChI is InChI=1S/C25H32F3N7O/c26-25(27,28)9-10-30-24-31-15-21-22(33-35(23(21)32-24)19-5-7-20(36)8-6-19)18-3-1-17(2-4-18)16-34-13-11-29-12-14-34/h1-4,15,19-20,29,36H,5-14,16H2,(H,30,31,32)/t19-,20-. The van der Waals surface area contributed by atoms with Gasteiger partial charge in [0.15, 0.2) is 5.65 Å². The fraction of sp³-hybridized carbons (Fsp3) is 0.560. The first-order valence-electron chi connectivity index (χ1n) is 12.6. The fourth-order valence-electron chi connectivity index (χ4n) is 4.99. The Hall–Kier alpha value is -2.76. The van der Waals surface area contributed by atoms with E-state index in [1.165, 1.54) is 5.56 Å². The summed E-state index contributed by atoms with van der Waals surface area (Å²) < 4.78 is 39.6. The number of alkyl halides is 3. The molecule has 8 nitrogen and oxygen atoms in total. The van der Waals surface area contributed by atoms with Gasteiger partial charge in [-0.15, -0.1) is 0 Å². The molecule has 1 saturated carbocycles. The van der Waals surface area contributed by atoms with Crippen molar-refractivity contribution >= 4 is 17.0 Å². The summed E-state index contributed by atoms with van der Waals surface area (Å²) in [5, 5.41) is 21.7. The lowest BCUT2D eigenvalue weighted by Gasteiger charge is -2.27. The summed E-state index contributed by atoms with van der Waals surface area (Å²) in [5.74, 6) is 0.154. The van der Waals surface area contributed by atoms with Crippen LogP contribution in [0.5, 0.6) is 0 Å². The molecule has 36 heavy (non-hydrogen) atoms. The molecule has 5 rings (SSSR count). The van der Waals surface area contributed by atoms with Gasteiger partial charge in [-0.25, -0.2) is 9.67 Å². The Morgan fingerprint density at radius 3 is 2.47 bits per heavy atom. The SMILES string of the molecule is O[C@H]1CC[C@H](n2nc(-c3ccc(CN4CCNCC4)cc3)c3cnc(NCCC(F)(F)F)nc32)CC1. The molecule has 2 fully saturated rings. The van der Waals surface area contributed by atoms with E-state index in [2.05, 4.69) is 49.8 Å². The first kappa shape index (κ1) is 24.9. The van der Waals surface area contributed by atoms with Crippen molar-refractivity contribution in [2.24, 2.45) is 0 Å². The molecule has 3 aromatic rings. The van der Waals surface area contributed by atoms with Crippen LogP contribution < -0.4 is 10.6 Å². The van der Waals surface area contributed by atoms with Crippen molar-refractivity contribution in [3.8, 4) is 11.3 Å². The maximum Gasteiger partial charge on any atom is 0.390 e. The predicted molar refractivity (Wildman–Crippen MR) is 132 cm³/mol.